The Morgan fingerprint density at radius 2 is 1.81 bits per heavy atom. The number of methoxy groups -OCH3 is 1. The number of ether oxygens (including phenoxy) is 1. The fraction of sp³-hybridized carbons (Fsp3) is 0.207. The Bertz CT molecular complexity index is 1380. The molecule has 2 aliphatic rings. The molecule has 0 spiro atoms. The molecule has 36 heavy (non-hydrogen) atoms. The van der Waals surface area contributed by atoms with Gasteiger partial charge in [-0.2, -0.15) is 5.10 Å². The van der Waals surface area contributed by atoms with Gasteiger partial charge in [-0.1, -0.05) is 42.5 Å². The lowest BCUT2D eigenvalue weighted by atomic mass is 9.76. The summed E-state index contributed by atoms with van der Waals surface area (Å²) in [5.74, 6) is -0.307. The van der Waals surface area contributed by atoms with Gasteiger partial charge in [0.05, 0.1) is 30.0 Å². The van der Waals surface area contributed by atoms with Crippen LogP contribution in [0.4, 0.5) is 5.69 Å². The van der Waals surface area contributed by atoms with Crippen molar-refractivity contribution in [2.45, 2.75) is 25.3 Å². The highest BCUT2D eigenvalue weighted by Crippen LogP contribution is 2.50. The molecule has 182 valence electrons. The smallest absolute Gasteiger partial charge is 0.337 e. The van der Waals surface area contributed by atoms with E-state index in [2.05, 4.69) is 34.1 Å². The van der Waals surface area contributed by atoms with Crippen LogP contribution in [0.2, 0.25) is 0 Å². The molecule has 7 heteroatoms. The number of hydrogen-bond acceptors (Lipinski definition) is 6. The summed E-state index contributed by atoms with van der Waals surface area (Å²) in [6.07, 6.45) is 5.44. The van der Waals surface area contributed by atoms with Gasteiger partial charge in [0.25, 0.3) is 5.91 Å². The van der Waals surface area contributed by atoms with E-state index in [4.69, 9.17) is 4.74 Å². The first kappa shape index (κ1) is 23.4. The topological polar surface area (TPSA) is 100 Å². The van der Waals surface area contributed by atoms with E-state index in [0.717, 1.165) is 23.2 Å². The summed E-state index contributed by atoms with van der Waals surface area (Å²) in [7, 11) is 1.38. The number of nitrogens with zero attached hydrogens (tertiary/aromatic N) is 1. The lowest BCUT2D eigenvalue weighted by Crippen LogP contribution is -2.29. The van der Waals surface area contributed by atoms with Crippen molar-refractivity contribution in [2.75, 3.05) is 12.4 Å². The molecule has 1 aliphatic heterocycles. The van der Waals surface area contributed by atoms with Gasteiger partial charge in [-0.25, -0.2) is 10.2 Å². The van der Waals surface area contributed by atoms with Gasteiger partial charge in [-0.05, 0) is 72.4 Å². The first-order chi connectivity index (χ1) is 17.5. The number of carbonyl (C=O) groups excluding carboxylic acids is 2. The maximum atomic E-state index is 12.4. The number of esters is 1. The third-order valence-corrected chi connectivity index (χ3v) is 6.95. The highest BCUT2D eigenvalue weighted by Gasteiger charge is 2.38. The van der Waals surface area contributed by atoms with Crippen LogP contribution in [0.15, 0.2) is 84.0 Å². The number of rotatable bonds is 5. The molecule has 1 heterocycles. The molecule has 5 rings (SSSR count). The maximum absolute atomic E-state index is 12.4. The second kappa shape index (κ2) is 9.70. The molecule has 0 saturated heterocycles. The highest BCUT2D eigenvalue weighted by atomic mass is 16.5. The standard InChI is InChI=1S/C29H27N3O4/c1-17(31-32-28(34)23-6-3-4-9-26(23)33)20-14-15-25-24(16-20)21-7-5-8-22(21)27(30-25)18-10-12-19(13-11-18)29(35)36-2/h3-7,9-16,21-22,27,30,33H,8H2,1-2H3,(H,32,34)/b31-17-/t21-,22+,27-/m0/s1. The molecule has 0 unspecified atom stereocenters. The second-order valence-electron chi connectivity index (χ2n) is 9.05. The zero-order valence-corrected chi connectivity index (χ0v) is 20.1. The number of nitrogens with one attached hydrogen (secondary N) is 2. The zero-order valence-electron chi connectivity index (χ0n) is 20.1. The van der Waals surface area contributed by atoms with Crippen molar-refractivity contribution in [3.8, 4) is 5.75 Å². The largest absolute Gasteiger partial charge is 0.507 e. The van der Waals surface area contributed by atoms with Crippen molar-refractivity contribution < 1.29 is 19.4 Å². The number of hydrogen-bond donors (Lipinski definition) is 3. The molecule has 0 saturated carbocycles. The first-order valence-electron chi connectivity index (χ1n) is 11.8. The molecule has 3 atom stereocenters. The fourth-order valence-electron chi connectivity index (χ4n) is 5.02. The molecular weight excluding hydrogens is 454 g/mol. The van der Waals surface area contributed by atoms with Crippen LogP contribution in [-0.2, 0) is 4.74 Å². The number of para-hydroxylation sites is 1. The van der Waals surface area contributed by atoms with Crippen molar-refractivity contribution in [3.63, 3.8) is 0 Å². The van der Waals surface area contributed by atoms with E-state index in [1.807, 2.05) is 43.3 Å². The summed E-state index contributed by atoms with van der Waals surface area (Å²) in [6.45, 7) is 1.84. The summed E-state index contributed by atoms with van der Waals surface area (Å²) in [5, 5.41) is 17.9. The molecule has 0 bridgehead atoms. The minimum atomic E-state index is -0.466. The van der Waals surface area contributed by atoms with Crippen LogP contribution in [-0.4, -0.2) is 29.8 Å². The number of fused-ring (bicyclic) bond motifs is 3. The van der Waals surface area contributed by atoms with Gasteiger partial charge < -0.3 is 15.2 Å². The number of phenols is 1. The Morgan fingerprint density at radius 1 is 1.06 bits per heavy atom. The number of phenolic OH excluding ortho intramolecular Hbond substituents is 1. The molecule has 3 aromatic carbocycles. The third-order valence-electron chi connectivity index (χ3n) is 6.95. The van der Waals surface area contributed by atoms with Crippen molar-refractivity contribution in [2.24, 2.45) is 11.0 Å². The van der Waals surface area contributed by atoms with Crippen molar-refractivity contribution in [3.05, 3.63) is 107 Å². The molecule has 3 N–H and O–H groups in total. The van der Waals surface area contributed by atoms with E-state index in [1.54, 1.807) is 18.2 Å². The van der Waals surface area contributed by atoms with Gasteiger partial charge >= 0.3 is 5.97 Å². The monoisotopic (exact) mass is 481 g/mol. The van der Waals surface area contributed by atoms with Crippen molar-refractivity contribution in [1.29, 1.82) is 0 Å². The van der Waals surface area contributed by atoms with E-state index >= 15 is 0 Å². The predicted molar refractivity (Wildman–Crippen MR) is 138 cm³/mol. The van der Waals surface area contributed by atoms with Crippen LogP contribution in [0.3, 0.4) is 0 Å². The van der Waals surface area contributed by atoms with E-state index in [-0.39, 0.29) is 29.2 Å². The van der Waals surface area contributed by atoms with Crippen molar-refractivity contribution in [1.82, 2.24) is 5.43 Å². The van der Waals surface area contributed by atoms with E-state index in [9.17, 15) is 14.7 Å². The van der Waals surface area contributed by atoms with E-state index in [1.165, 1.54) is 18.7 Å². The SMILES string of the molecule is COC(=O)c1ccc([C@@H]2Nc3ccc(/C(C)=N\NC(=O)c4ccccc4O)cc3[C@H]3C=CC[C@H]32)cc1. The normalized spacial score (nSPS) is 20.2. The van der Waals surface area contributed by atoms with Crippen LogP contribution in [0, 0.1) is 5.92 Å². The summed E-state index contributed by atoms with van der Waals surface area (Å²) in [5.41, 5.74) is 8.19. The number of aromatic hydroxyl groups is 1. The lowest BCUT2D eigenvalue weighted by molar-refractivity contribution is 0.0600. The zero-order chi connectivity index (χ0) is 25.2. The van der Waals surface area contributed by atoms with Gasteiger partial charge in [0.15, 0.2) is 0 Å². The molecule has 0 fully saturated rings. The van der Waals surface area contributed by atoms with Gasteiger partial charge in [0, 0.05) is 11.6 Å². The minimum Gasteiger partial charge on any atom is -0.507 e. The quantitative estimate of drug-likeness (QED) is 0.202. The summed E-state index contributed by atoms with van der Waals surface area (Å²) in [4.78, 5) is 24.2. The number of hydrazone groups is 1. The average molecular weight is 482 g/mol. The van der Waals surface area contributed by atoms with Crippen LogP contribution >= 0.6 is 0 Å². The van der Waals surface area contributed by atoms with Gasteiger partial charge in [0.2, 0.25) is 0 Å². The number of anilines is 1. The third kappa shape index (κ3) is 4.35. The van der Waals surface area contributed by atoms with Gasteiger partial charge in [-0.15, -0.1) is 0 Å². The Balaban J connectivity index is 1.38. The van der Waals surface area contributed by atoms with Crippen LogP contribution < -0.4 is 10.7 Å². The van der Waals surface area contributed by atoms with Crippen molar-refractivity contribution >= 4 is 23.3 Å². The maximum Gasteiger partial charge on any atom is 0.337 e. The fourth-order valence-corrected chi connectivity index (χ4v) is 5.02. The molecule has 0 aromatic heterocycles. The van der Waals surface area contributed by atoms with Crippen LogP contribution in [0.1, 0.15) is 62.7 Å². The Hall–Kier alpha value is -4.39. The van der Waals surface area contributed by atoms with Crippen LogP contribution in [0.5, 0.6) is 5.75 Å². The van der Waals surface area contributed by atoms with E-state index in [0.29, 0.717) is 17.2 Å². The molecule has 1 aliphatic carbocycles. The van der Waals surface area contributed by atoms with E-state index < -0.39 is 5.91 Å². The Kier molecular flexibility index (Phi) is 6.29. The molecule has 7 nitrogen and oxygen atoms in total. The number of benzene rings is 3. The molecular formula is C29H27N3O4. The number of amides is 1. The van der Waals surface area contributed by atoms with Crippen LogP contribution in [0.25, 0.3) is 0 Å². The summed E-state index contributed by atoms with van der Waals surface area (Å²) in [6, 6.07) is 20.2. The Labute approximate surface area is 209 Å². The first-order valence-corrected chi connectivity index (χ1v) is 11.8. The summed E-state index contributed by atoms with van der Waals surface area (Å²) < 4.78 is 4.82. The Morgan fingerprint density at radius 3 is 2.56 bits per heavy atom. The molecule has 3 aromatic rings. The predicted octanol–water partition coefficient (Wildman–Crippen LogP) is 5.16. The van der Waals surface area contributed by atoms with Gasteiger partial charge in [0.1, 0.15) is 5.75 Å². The minimum absolute atomic E-state index is 0.0868. The average Bonchev–Trinajstić information content (AvgIpc) is 3.41. The second-order valence-corrected chi connectivity index (χ2v) is 9.05. The number of allylic oxidation sites excluding steroid dienone is 2. The molecule has 0 radical (unpaired) electrons. The lowest BCUT2D eigenvalue weighted by Gasteiger charge is -2.37. The number of carbonyl (C=O) groups is 2. The summed E-state index contributed by atoms with van der Waals surface area (Å²) >= 11 is 0. The molecule has 1 amide bonds. The van der Waals surface area contributed by atoms with Gasteiger partial charge in [-0.3, -0.25) is 4.79 Å². The highest BCUT2D eigenvalue weighted by molar-refractivity contribution is 6.02.